The second-order valence-corrected chi connectivity index (χ2v) is 3.99. The number of benzene rings is 1. The summed E-state index contributed by atoms with van der Waals surface area (Å²) in [6, 6.07) is 6.82. The van der Waals surface area contributed by atoms with Crippen LogP contribution in [0.3, 0.4) is 0 Å². The molecule has 0 heterocycles. The van der Waals surface area contributed by atoms with Gasteiger partial charge in [0.25, 0.3) is 0 Å². The summed E-state index contributed by atoms with van der Waals surface area (Å²) < 4.78 is 4.73. The van der Waals surface area contributed by atoms with Crippen LogP contribution in [0, 0.1) is 11.3 Å². The third kappa shape index (κ3) is 4.10. The Morgan fingerprint density at radius 2 is 2.06 bits per heavy atom. The first-order valence-electron chi connectivity index (χ1n) is 4.77. The molecule has 0 amide bonds. The minimum Gasteiger partial charge on any atom is -0.444 e. The van der Waals surface area contributed by atoms with Gasteiger partial charge in [0.1, 0.15) is 6.07 Å². The molecule has 0 saturated carbocycles. The molecule has 5 heteroatoms. The van der Waals surface area contributed by atoms with Gasteiger partial charge in [-0.2, -0.15) is 5.26 Å². The minimum atomic E-state index is -0.783. The van der Waals surface area contributed by atoms with Crippen LogP contribution < -0.4 is 0 Å². The van der Waals surface area contributed by atoms with Crippen molar-refractivity contribution in [1.29, 1.82) is 5.26 Å². The molecular formula is C12H9Cl2NO2. The van der Waals surface area contributed by atoms with Gasteiger partial charge in [-0.1, -0.05) is 29.3 Å². The number of hydrogen-bond donors (Lipinski definition) is 0. The minimum absolute atomic E-state index is 0.440. The van der Waals surface area contributed by atoms with E-state index in [1.807, 2.05) is 0 Å². The Labute approximate surface area is 109 Å². The van der Waals surface area contributed by atoms with Gasteiger partial charge < -0.3 is 4.74 Å². The van der Waals surface area contributed by atoms with Crippen molar-refractivity contribution in [1.82, 2.24) is 0 Å². The van der Waals surface area contributed by atoms with Crippen molar-refractivity contribution in [3.8, 4) is 6.07 Å². The van der Waals surface area contributed by atoms with Gasteiger partial charge in [-0.15, -0.1) is 0 Å². The zero-order valence-corrected chi connectivity index (χ0v) is 10.5. The number of carbonyl (C=O) groups excluding carboxylic acids is 1. The first-order chi connectivity index (χ1) is 8.04. The summed E-state index contributed by atoms with van der Waals surface area (Å²) in [7, 11) is 0. The largest absolute Gasteiger partial charge is 0.444 e. The van der Waals surface area contributed by atoms with E-state index in [4.69, 9.17) is 33.2 Å². The lowest BCUT2D eigenvalue weighted by Gasteiger charge is -2.03. The summed E-state index contributed by atoms with van der Waals surface area (Å²) >= 11 is 11.8. The van der Waals surface area contributed by atoms with Crippen molar-refractivity contribution in [3.05, 3.63) is 39.9 Å². The molecule has 17 heavy (non-hydrogen) atoms. The average molecular weight is 270 g/mol. The van der Waals surface area contributed by atoms with Crippen LogP contribution >= 0.6 is 23.2 Å². The summed E-state index contributed by atoms with van der Waals surface area (Å²) in [5, 5.41) is 9.34. The second kappa shape index (κ2) is 6.29. The van der Waals surface area contributed by atoms with Crippen LogP contribution in [-0.2, 0) is 9.53 Å². The van der Waals surface area contributed by atoms with E-state index in [9.17, 15) is 4.79 Å². The zero-order chi connectivity index (χ0) is 12.8. The van der Waals surface area contributed by atoms with Gasteiger partial charge in [0.15, 0.2) is 6.10 Å². The maximum atomic E-state index is 11.3. The number of halogens is 2. The molecule has 0 saturated heterocycles. The van der Waals surface area contributed by atoms with Gasteiger partial charge in [0.05, 0.1) is 0 Å². The van der Waals surface area contributed by atoms with Gasteiger partial charge in [-0.25, -0.2) is 4.79 Å². The molecule has 0 aliphatic rings. The number of nitrogens with zero attached hydrogens (tertiary/aromatic N) is 1. The fourth-order valence-corrected chi connectivity index (χ4v) is 1.58. The molecule has 88 valence electrons. The Kier molecular flexibility index (Phi) is 5.02. The fourth-order valence-electron chi connectivity index (χ4n) is 1.06. The highest BCUT2D eigenvalue weighted by molar-refractivity contribution is 6.37. The molecule has 0 bridgehead atoms. The number of rotatable bonds is 3. The molecule has 1 aromatic rings. The molecule has 0 aromatic heterocycles. The van der Waals surface area contributed by atoms with Crippen LogP contribution in [0.5, 0.6) is 0 Å². The fraction of sp³-hybridized carbons (Fsp3) is 0.167. The molecule has 0 fully saturated rings. The van der Waals surface area contributed by atoms with E-state index in [1.165, 1.54) is 19.1 Å². The van der Waals surface area contributed by atoms with E-state index >= 15 is 0 Å². The third-order valence-electron chi connectivity index (χ3n) is 1.86. The molecule has 0 radical (unpaired) electrons. The van der Waals surface area contributed by atoms with Crippen molar-refractivity contribution < 1.29 is 9.53 Å². The molecule has 0 N–H and O–H groups in total. The Morgan fingerprint density at radius 1 is 1.47 bits per heavy atom. The monoisotopic (exact) mass is 269 g/mol. The van der Waals surface area contributed by atoms with Crippen molar-refractivity contribution in [2.24, 2.45) is 0 Å². The van der Waals surface area contributed by atoms with Gasteiger partial charge in [0.2, 0.25) is 0 Å². The molecule has 0 aliphatic heterocycles. The summed E-state index contributed by atoms with van der Waals surface area (Å²) in [4.78, 5) is 11.3. The van der Waals surface area contributed by atoms with Crippen molar-refractivity contribution >= 4 is 35.2 Å². The molecule has 1 atom stereocenters. The van der Waals surface area contributed by atoms with Crippen molar-refractivity contribution in [2.45, 2.75) is 13.0 Å². The Balaban J connectivity index is 2.78. The van der Waals surface area contributed by atoms with Crippen molar-refractivity contribution in [2.75, 3.05) is 0 Å². The number of nitriles is 1. The van der Waals surface area contributed by atoms with Crippen LogP contribution in [0.15, 0.2) is 24.3 Å². The Bertz CT molecular complexity index is 472. The normalized spacial score (nSPS) is 12.1. The molecule has 1 aromatic carbocycles. The van der Waals surface area contributed by atoms with Crippen LogP contribution in [0.1, 0.15) is 12.5 Å². The van der Waals surface area contributed by atoms with Gasteiger partial charge in [-0.3, -0.25) is 0 Å². The van der Waals surface area contributed by atoms with E-state index in [2.05, 4.69) is 0 Å². The molecule has 0 unspecified atom stereocenters. The smallest absolute Gasteiger partial charge is 0.332 e. The summed E-state index contributed by atoms with van der Waals surface area (Å²) in [5.74, 6) is -0.616. The lowest BCUT2D eigenvalue weighted by Crippen LogP contribution is -2.10. The SMILES string of the molecule is C[C@H](C#N)OC(=O)/C=C/c1c(Cl)cccc1Cl. The number of hydrogen-bond acceptors (Lipinski definition) is 3. The number of carbonyl (C=O) groups is 1. The topological polar surface area (TPSA) is 50.1 Å². The summed E-state index contributed by atoms with van der Waals surface area (Å²) in [5.41, 5.74) is 0.539. The molecular weight excluding hydrogens is 261 g/mol. The molecule has 0 spiro atoms. The quantitative estimate of drug-likeness (QED) is 0.624. The Hall–Kier alpha value is -1.50. The maximum Gasteiger partial charge on any atom is 0.332 e. The van der Waals surface area contributed by atoms with Crippen LogP contribution in [0.2, 0.25) is 10.0 Å². The highest BCUT2D eigenvalue weighted by Crippen LogP contribution is 2.25. The van der Waals surface area contributed by atoms with E-state index < -0.39 is 12.1 Å². The number of ether oxygens (including phenoxy) is 1. The van der Waals surface area contributed by atoms with E-state index in [0.29, 0.717) is 15.6 Å². The first-order valence-corrected chi connectivity index (χ1v) is 5.52. The van der Waals surface area contributed by atoms with Crippen LogP contribution in [-0.4, -0.2) is 12.1 Å². The molecule has 0 aliphatic carbocycles. The van der Waals surface area contributed by atoms with E-state index in [1.54, 1.807) is 24.3 Å². The van der Waals surface area contributed by atoms with E-state index in [-0.39, 0.29) is 0 Å². The van der Waals surface area contributed by atoms with Crippen LogP contribution in [0.25, 0.3) is 6.08 Å². The number of esters is 1. The molecule has 1 rings (SSSR count). The zero-order valence-electron chi connectivity index (χ0n) is 8.98. The predicted octanol–water partition coefficient (Wildman–Crippen LogP) is 3.46. The Morgan fingerprint density at radius 3 is 2.59 bits per heavy atom. The lowest BCUT2D eigenvalue weighted by molar-refractivity contribution is -0.139. The van der Waals surface area contributed by atoms with E-state index in [0.717, 1.165) is 0 Å². The highest BCUT2D eigenvalue weighted by atomic mass is 35.5. The van der Waals surface area contributed by atoms with Gasteiger partial charge in [-0.05, 0) is 25.1 Å². The maximum absolute atomic E-state index is 11.3. The lowest BCUT2D eigenvalue weighted by atomic mass is 10.2. The van der Waals surface area contributed by atoms with Gasteiger partial charge in [0, 0.05) is 21.7 Å². The van der Waals surface area contributed by atoms with Crippen molar-refractivity contribution in [3.63, 3.8) is 0 Å². The average Bonchev–Trinajstić information content (AvgIpc) is 2.28. The van der Waals surface area contributed by atoms with Gasteiger partial charge >= 0.3 is 5.97 Å². The summed E-state index contributed by atoms with van der Waals surface area (Å²) in [6.07, 6.45) is 1.85. The third-order valence-corrected chi connectivity index (χ3v) is 2.52. The second-order valence-electron chi connectivity index (χ2n) is 3.18. The molecule has 3 nitrogen and oxygen atoms in total. The highest BCUT2D eigenvalue weighted by Gasteiger charge is 2.06. The summed E-state index contributed by atoms with van der Waals surface area (Å²) in [6.45, 7) is 1.48. The predicted molar refractivity (Wildman–Crippen MR) is 66.7 cm³/mol. The first kappa shape index (κ1) is 13.6. The standard InChI is InChI=1S/C12H9Cl2NO2/c1-8(7-15)17-12(16)6-5-9-10(13)3-2-4-11(9)14/h2-6,8H,1H3/b6-5+/t8-/m1/s1. The van der Waals surface area contributed by atoms with Crippen LogP contribution in [0.4, 0.5) is 0 Å².